The van der Waals surface area contributed by atoms with Crippen molar-refractivity contribution in [3.05, 3.63) is 65.1 Å². The van der Waals surface area contributed by atoms with Crippen LogP contribution in [0.15, 0.2) is 59.0 Å². The standard InChI is InChI=1S/C16H13NO2/c1-10-8-16-6-5-12(18)7-14(16)19-13-4-2-3-11(9-17-10)15(13)16/h2-9,12,18H,1H3. The number of hydrogen-bond donors (Lipinski definition) is 1. The van der Waals surface area contributed by atoms with Gasteiger partial charge in [0.15, 0.2) is 0 Å². The first kappa shape index (κ1) is 10.8. The quantitative estimate of drug-likeness (QED) is 0.720. The second kappa shape index (κ2) is 3.45. The van der Waals surface area contributed by atoms with Crippen LogP contribution >= 0.6 is 0 Å². The smallest absolute Gasteiger partial charge is 0.132 e. The van der Waals surface area contributed by atoms with Gasteiger partial charge in [0.05, 0.1) is 11.5 Å². The van der Waals surface area contributed by atoms with Crippen molar-refractivity contribution in [2.75, 3.05) is 0 Å². The fraction of sp³-hybridized carbons (Fsp3) is 0.188. The highest BCUT2D eigenvalue weighted by atomic mass is 16.5. The number of ether oxygens (including phenoxy) is 1. The highest BCUT2D eigenvalue weighted by molar-refractivity contribution is 5.87. The Bertz CT molecular complexity index is 697. The lowest BCUT2D eigenvalue weighted by Crippen LogP contribution is -2.26. The van der Waals surface area contributed by atoms with Gasteiger partial charge in [-0.05, 0) is 25.1 Å². The molecule has 0 amide bonds. The molecule has 1 spiro atoms. The van der Waals surface area contributed by atoms with Crippen LogP contribution in [0.25, 0.3) is 0 Å². The van der Waals surface area contributed by atoms with Gasteiger partial charge in [-0.2, -0.15) is 0 Å². The minimum Gasteiger partial charge on any atom is -0.460 e. The lowest BCUT2D eigenvalue weighted by Gasteiger charge is -2.26. The van der Waals surface area contributed by atoms with E-state index in [0.29, 0.717) is 0 Å². The topological polar surface area (TPSA) is 41.8 Å². The maximum atomic E-state index is 9.77. The molecule has 0 aromatic heterocycles. The summed E-state index contributed by atoms with van der Waals surface area (Å²) in [6.07, 6.45) is 8.97. The van der Waals surface area contributed by atoms with E-state index in [4.69, 9.17) is 4.74 Å². The molecule has 1 aromatic rings. The van der Waals surface area contributed by atoms with Crippen molar-refractivity contribution in [2.24, 2.45) is 4.99 Å². The predicted octanol–water partition coefficient (Wildman–Crippen LogP) is 2.47. The lowest BCUT2D eigenvalue weighted by molar-refractivity contribution is 0.257. The van der Waals surface area contributed by atoms with Gasteiger partial charge in [0, 0.05) is 23.0 Å². The molecule has 0 saturated carbocycles. The van der Waals surface area contributed by atoms with Crippen LogP contribution in [0.3, 0.4) is 0 Å². The second-order valence-electron chi connectivity index (χ2n) is 5.12. The molecule has 2 heterocycles. The molecule has 0 saturated heterocycles. The average molecular weight is 251 g/mol. The highest BCUT2D eigenvalue weighted by Gasteiger charge is 2.45. The summed E-state index contributed by atoms with van der Waals surface area (Å²) in [5, 5.41) is 9.77. The van der Waals surface area contributed by atoms with Crippen molar-refractivity contribution in [1.82, 2.24) is 0 Å². The summed E-state index contributed by atoms with van der Waals surface area (Å²) in [6.45, 7) is 1.98. The third-order valence-electron chi connectivity index (χ3n) is 3.82. The van der Waals surface area contributed by atoms with Crippen LogP contribution in [0.1, 0.15) is 18.1 Å². The Kier molecular flexibility index (Phi) is 1.96. The summed E-state index contributed by atoms with van der Waals surface area (Å²) in [5.41, 5.74) is 2.71. The third kappa shape index (κ3) is 1.33. The molecule has 19 heavy (non-hydrogen) atoms. The van der Waals surface area contributed by atoms with Crippen molar-refractivity contribution >= 4 is 6.21 Å². The zero-order valence-electron chi connectivity index (χ0n) is 10.5. The molecule has 3 aliphatic rings. The Hall–Kier alpha value is -2.13. The van der Waals surface area contributed by atoms with Crippen LogP contribution in [-0.4, -0.2) is 17.4 Å². The molecule has 3 nitrogen and oxygen atoms in total. The van der Waals surface area contributed by atoms with Crippen LogP contribution in [-0.2, 0) is 5.41 Å². The fourth-order valence-corrected chi connectivity index (χ4v) is 3.04. The van der Waals surface area contributed by atoms with E-state index >= 15 is 0 Å². The number of benzene rings is 1. The van der Waals surface area contributed by atoms with Gasteiger partial charge in [-0.1, -0.05) is 24.3 Å². The van der Waals surface area contributed by atoms with Gasteiger partial charge in [0.1, 0.15) is 11.5 Å². The summed E-state index contributed by atoms with van der Waals surface area (Å²) in [6, 6.07) is 5.97. The second-order valence-corrected chi connectivity index (χ2v) is 5.12. The van der Waals surface area contributed by atoms with E-state index in [0.717, 1.165) is 28.3 Å². The van der Waals surface area contributed by atoms with Crippen LogP contribution in [0, 0.1) is 0 Å². The Morgan fingerprint density at radius 3 is 3.16 bits per heavy atom. The monoisotopic (exact) mass is 251 g/mol. The molecular formula is C16H13NO2. The van der Waals surface area contributed by atoms with Crippen LogP contribution in [0.4, 0.5) is 0 Å². The molecule has 0 bridgehead atoms. The van der Waals surface area contributed by atoms with Crippen molar-refractivity contribution in [1.29, 1.82) is 0 Å². The molecule has 4 rings (SSSR count). The minimum absolute atomic E-state index is 0.411. The number of aliphatic imine (C=N–C) groups is 1. The molecule has 1 aliphatic carbocycles. The molecule has 0 radical (unpaired) electrons. The largest absolute Gasteiger partial charge is 0.460 e. The van der Waals surface area contributed by atoms with E-state index in [1.54, 1.807) is 12.2 Å². The predicted molar refractivity (Wildman–Crippen MR) is 73.3 cm³/mol. The molecule has 2 aliphatic heterocycles. The Labute approximate surface area is 111 Å². The van der Waals surface area contributed by atoms with Crippen LogP contribution < -0.4 is 4.74 Å². The van der Waals surface area contributed by atoms with Gasteiger partial charge in [-0.3, -0.25) is 4.99 Å². The van der Waals surface area contributed by atoms with Gasteiger partial charge < -0.3 is 9.84 Å². The summed E-state index contributed by atoms with van der Waals surface area (Å²) >= 11 is 0. The van der Waals surface area contributed by atoms with Crippen molar-refractivity contribution < 1.29 is 9.84 Å². The number of allylic oxidation sites excluding steroid dienone is 2. The molecule has 0 fully saturated rings. The van der Waals surface area contributed by atoms with Gasteiger partial charge in [0.25, 0.3) is 0 Å². The normalized spacial score (nSPS) is 29.9. The molecule has 2 atom stereocenters. The SMILES string of the molecule is CC1=CC23C=CC(O)C=C2Oc2cccc(c23)C=N1. The van der Waals surface area contributed by atoms with Gasteiger partial charge >= 0.3 is 0 Å². The molecule has 94 valence electrons. The first-order chi connectivity index (χ1) is 9.19. The number of aliphatic hydroxyl groups is 1. The van der Waals surface area contributed by atoms with Gasteiger partial charge in [-0.15, -0.1) is 0 Å². The van der Waals surface area contributed by atoms with E-state index < -0.39 is 11.5 Å². The zero-order chi connectivity index (χ0) is 13.0. The first-order valence-electron chi connectivity index (χ1n) is 6.34. The van der Waals surface area contributed by atoms with E-state index in [1.807, 2.05) is 37.4 Å². The zero-order valence-corrected chi connectivity index (χ0v) is 10.5. The minimum atomic E-state index is -0.587. The Morgan fingerprint density at radius 2 is 2.26 bits per heavy atom. The average Bonchev–Trinajstić information content (AvgIpc) is 2.62. The number of rotatable bonds is 0. The van der Waals surface area contributed by atoms with Crippen molar-refractivity contribution in [2.45, 2.75) is 18.4 Å². The van der Waals surface area contributed by atoms with Crippen molar-refractivity contribution in [3.63, 3.8) is 0 Å². The maximum Gasteiger partial charge on any atom is 0.132 e. The lowest BCUT2D eigenvalue weighted by atomic mass is 9.75. The van der Waals surface area contributed by atoms with Crippen molar-refractivity contribution in [3.8, 4) is 5.75 Å². The summed E-state index contributed by atoms with van der Waals surface area (Å²) < 4.78 is 5.94. The molecular weight excluding hydrogens is 238 g/mol. The first-order valence-corrected chi connectivity index (χ1v) is 6.34. The molecule has 3 heteroatoms. The van der Waals surface area contributed by atoms with Gasteiger partial charge in [0.2, 0.25) is 0 Å². The molecule has 1 N–H and O–H groups in total. The number of hydrogen-bond acceptors (Lipinski definition) is 3. The van der Waals surface area contributed by atoms with E-state index in [1.165, 1.54) is 0 Å². The van der Waals surface area contributed by atoms with Crippen LogP contribution in [0.2, 0.25) is 0 Å². The van der Waals surface area contributed by atoms with Crippen LogP contribution in [0.5, 0.6) is 5.75 Å². The summed E-state index contributed by atoms with van der Waals surface area (Å²) in [4.78, 5) is 4.45. The maximum absolute atomic E-state index is 9.77. The van der Waals surface area contributed by atoms with Gasteiger partial charge in [-0.25, -0.2) is 0 Å². The number of aliphatic hydroxyl groups excluding tert-OH is 1. The summed E-state index contributed by atoms with van der Waals surface area (Å²) in [7, 11) is 0. The Morgan fingerprint density at radius 1 is 1.37 bits per heavy atom. The summed E-state index contributed by atoms with van der Waals surface area (Å²) in [5.74, 6) is 1.62. The third-order valence-corrected chi connectivity index (χ3v) is 3.82. The molecule has 2 unspecified atom stereocenters. The Balaban J connectivity index is 2.09. The molecule has 1 aromatic carbocycles. The van der Waals surface area contributed by atoms with E-state index in [-0.39, 0.29) is 0 Å². The van der Waals surface area contributed by atoms with E-state index in [9.17, 15) is 5.11 Å². The fourth-order valence-electron chi connectivity index (χ4n) is 3.04. The number of nitrogens with zero attached hydrogens (tertiary/aromatic N) is 1. The highest BCUT2D eigenvalue weighted by Crippen LogP contribution is 2.51. The van der Waals surface area contributed by atoms with E-state index in [2.05, 4.69) is 11.1 Å².